The van der Waals surface area contributed by atoms with E-state index in [0.29, 0.717) is 12.3 Å². The molecule has 2 rings (SSSR count). The van der Waals surface area contributed by atoms with Crippen molar-refractivity contribution in [3.8, 4) is 11.4 Å². The third kappa shape index (κ3) is 4.71. The van der Waals surface area contributed by atoms with Crippen molar-refractivity contribution < 1.29 is 4.79 Å². The van der Waals surface area contributed by atoms with Gasteiger partial charge in [0.05, 0.1) is 5.75 Å². The average molecular weight is 344 g/mol. The van der Waals surface area contributed by atoms with Crippen molar-refractivity contribution in [3.05, 3.63) is 42.5 Å². The van der Waals surface area contributed by atoms with Gasteiger partial charge in [-0.2, -0.15) is 0 Å². The van der Waals surface area contributed by atoms with E-state index >= 15 is 0 Å². The first kappa shape index (κ1) is 18.3. The van der Waals surface area contributed by atoms with E-state index in [1.807, 2.05) is 49.6 Å². The highest BCUT2D eigenvalue weighted by atomic mass is 32.2. The molecule has 0 bridgehead atoms. The van der Waals surface area contributed by atoms with Gasteiger partial charge in [0, 0.05) is 18.2 Å². The fraction of sp³-hybridized carbons (Fsp3) is 0.389. The molecule has 2 aromatic rings. The van der Waals surface area contributed by atoms with E-state index < -0.39 is 0 Å². The summed E-state index contributed by atoms with van der Waals surface area (Å²) in [4.78, 5) is 12.0. The van der Waals surface area contributed by atoms with Crippen molar-refractivity contribution in [2.75, 3.05) is 5.75 Å². The van der Waals surface area contributed by atoms with Gasteiger partial charge in [-0.15, -0.1) is 16.8 Å². The molecule has 1 unspecified atom stereocenters. The maximum absolute atomic E-state index is 12.0. The Morgan fingerprint density at radius 3 is 2.92 bits per heavy atom. The van der Waals surface area contributed by atoms with Crippen molar-refractivity contribution in [1.82, 2.24) is 20.1 Å². The van der Waals surface area contributed by atoms with Gasteiger partial charge in [0.15, 0.2) is 11.0 Å². The van der Waals surface area contributed by atoms with E-state index in [0.717, 1.165) is 23.0 Å². The standard InChI is InChI=1S/C18H24N4OS/c1-5-10-22-17(15-9-7-8-13(3)11-15)20-21-18(22)24-12-16(23)19-14(4)6-2/h5,7-9,11,14H,1,6,10,12H2,2-4H3,(H,19,23). The number of thioether (sulfide) groups is 1. The van der Waals surface area contributed by atoms with Crippen molar-refractivity contribution in [1.29, 1.82) is 0 Å². The third-order valence-corrected chi connectivity index (χ3v) is 4.62. The van der Waals surface area contributed by atoms with Crippen LogP contribution in [0.15, 0.2) is 42.1 Å². The molecule has 0 aliphatic carbocycles. The maximum atomic E-state index is 12.0. The zero-order chi connectivity index (χ0) is 17.5. The number of amides is 1. The van der Waals surface area contributed by atoms with Gasteiger partial charge < -0.3 is 5.32 Å². The molecule has 0 saturated heterocycles. The van der Waals surface area contributed by atoms with Crippen molar-refractivity contribution >= 4 is 17.7 Å². The molecule has 1 aromatic carbocycles. The van der Waals surface area contributed by atoms with Crippen LogP contribution in [0, 0.1) is 6.92 Å². The lowest BCUT2D eigenvalue weighted by atomic mass is 10.1. The second-order valence-electron chi connectivity index (χ2n) is 5.74. The molecule has 0 aliphatic heterocycles. The largest absolute Gasteiger partial charge is 0.353 e. The molecule has 128 valence electrons. The number of nitrogens with one attached hydrogen (secondary N) is 1. The predicted octanol–water partition coefficient (Wildman–Crippen LogP) is 3.45. The molecule has 0 fully saturated rings. The fourth-order valence-corrected chi connectivity index (χ4v) is 2.99. The minimum atomic E-state index is 0.0135. The highest BCUT2D eigenvalue weighted by Gasteiger charge is 2.15. The molecule has 0 radical (unpaired) electrons. The van der Waals surface area contributed by atoms with E-state index in [-0.39, 0.29) is 11.9 Å². The number of benzene rings is 1. The minimum absolute atomic E-state index is 0.0135. The number of aryl methyl sites for hydroxylation is 1. The Labute approximate surface area is 147 Å². The molecular formula is C18H24N4OS. The number of hydrogen-bond donors (Lipinski definition) is 1. The Morgan fingerprint density at radius 2 is 2.25 bits per heavy atom. The summed E-state index contributed by atoms with van der Waals surface area (Å²) in [5, 5.41) is 12.3. The number of allylic oxidation sites excluding steroid dienone is 1. The van der Waals surface area contributed by atoms with Gasteiger partial charge in [-0.25, -0.2) is 0 Å². The normalized spacial score (nSPS) is 12.0. The van der Waals surface area contributed by atoms with Crippen LogP contribution in [-0.4, -0.2) is 32.5 Å². The van der Waals surface area contributed by atoms with Crippen LogP contribution in [-0.2, 0) is 11.3 Å². The molecule has 5 nitrogen and oxygen atoms in total. The molecule has 1 N–H and O–H groups in total. The Morgan fingerprint density at radius 1 is 1.46 bits per heavy atom. The summed E-state index contributed by atoms with van der Waals surface area (Å²) in [6, 6.07) is 8.33. The lowest BCUT2D eigenvalue weighted by Gasteiger charge is -2.11. The maximum Gasteiger partial charge on any atom is 0.230 e. The van der Waals surface area contributed by atoms with Gasteiger partial charge in [0.25, 0.3) is 0 Å². The van der Waals surface area contributed by atoms with E-state index in [1.165, 1.54) is 17.3 Å². The Bertz CT molecular complexity index is 711. The summed E-state index contributed by atoms with van der Waals surface area (Å²) in [5.74, 6) is 1.14. The van der Waals surface area contributed by atoms with Crippen molar-refractivity contribution in [3.63, 3.8) is 0 Å². The highest BCUT2D eigenvalue weighted by Crippen LogP contribution is 2.24. The molecule has 6 heteroatoms. The van der Waals surface area contributed by atoms with Crippen molar-refractivity contribution in [2.24, 2.45) is 0 Å². The van der Waals surface area contributed by atoms with Crippen LogP contribution < -0.4 is 5.32 Å². The van der Waals surface area contributed by atoms with Crippen LogP contribution in [0.4, 0.5) is 0 Å². The molecule has 0 saturated carbocycles. The number of carbonyl (C=O) groups excluding carboxylic acids is 1. The fourth-order valence-electron chi connectivity index (χ4n) is 2.24. The summed E-state index contributed by atoms with van der Waals surface area (Å²) in [6.07, 6.45) is 2.73. The van der Waals surface area contributed by atoms with E-state index in [2.05, 4.69) is 28.2 Å². The van der Waals surface area contributed by atoms with Gasteiger partial charge in [0.2, 0.25) is 5.91 Å². The van der Waals surface area contributed by atoms with Gasteiger partial charge in [-0.05, 0) is 26.3 Å². The lowest BCUT2D eigenvalue weighted by Crippen LogP contribution is -2.33. The smallest absolute Gasteiger partial charge is 0.230 e. The minimum Gasteiger partial charge on any atom is -0.353 e. The molecule has 0 aliphatic rings. The molecular weight excluding hydrogens is 320 g/mol. The third-order valence-electron chi connectivity index (χ3n) is 3.66. The molecule has 1 amide bonds. The van der Waals surface area contributed by atoms with Crippen LogP contribution in [0.3, 0.4) is 0 Å². The summed E-state index contributed by atoms with van der Waals surface area (Å²) in [5.41, 5.74) is 2.18. The summed E-state index contributed by atoms with van der Waals surface area (Å²) in [7, 11) is 0. The number of aromatic nitrogens is 3. The molecule has 1 aromatic heterocycles. The number of hydrogen-bond acceptors (Lipinski definition) is 4. The molecule has 1 heterocycles. The van der Waals surface area contributed by atoms with E-state index in [9.17, 15) is 4.79 Å². The first-order valence-corrected chi connectivity index (χ1v) is 9.07. The molecule has 1 atom stereocenters. The first-order valence-electron chi connectivity index (χ1n) is 8.08. The highest BCUT2D eigenvalue weighted by molar-refractivity contribution is 7.99. The average Bonchev–Trinajstić information content (AvgIpc) is 2.96. The Hall–Kier alpha value is -2.08. The predicted molar refractivity (Wildman–Crippen MR) is 99.0 cm³/mol. The Balaban J connectivity index is 2.16. The van der Waals surface area contributed by atoms with Crippen LogP contribution in [0.1, 0.15) is 25.8 Å². The summed E-state index contributed by atoms with van der Waals surface area (Å²) in [6.45, 7) is 10.5. The van der Waals surface area contributed by atoms with Gasteiger partial charge in [-0.3, -0.25) is 9.36 Å². The SMILES string of the molecule is C=CCn1c(SCC(=O)NC(C)CC)nnc1-c1cccc(C)c1. The van der Waals surface area contributed by atoms with Crippen molar-refractivity contribution in [2.45, 2.75) is 44.9 Å². The Kier molecular flexibility index (Phi) is 6.61. The number of nitrogens with zero attached hydrogens (tertiary/aromatic N) is 3. The van der Waals surface area contributed by atoms with E-state index in [4.69, 9.17) is 0 Å². The van der Waals surface area contributed by atoms with Gasteiger partial charge in [0.1, 0.15) is 0 Å². The monoisotopic (exact) mass is 344 g/mol. The zero-order valence-electron chi connectivity index (χ0n) is 14.5. The second-order valence-corrected chi connectivity index (χ2v) is 6.68. The summed E-state index contributed by atoms with van der Waals surface area (Å²) < 4.78 is 1.99. The topological polar surface area (TPSA) is 59.8 Å². The summed E-state index contributed by atoms with van der Waals surface area (Å²) >= 11 is 1.40. The van der Waals surface area contributed by atoms with Crippen LogP contribution >= 0.6 is 11.8 Å². The van der Waals surface area contributed by atoms with Crippen LogP contribution in [0.5, 0.6) is 0 Å². The van der Waals surface area contributed by atoms with Gasteiger partial charge >= 0.3 is 0 Å². The molecule has 24 heavy (non-hydrogen) atoms. The van der Waals surface area contributed by atoms with Crippen LogP contribution in [0.25, 0.3) is 11.4 Å². The number of carbonyl (C=O) groups is 1. The van der Waals surface area contributed by atoms with Gasteiger partial charge in [-0.1, -0.05) is 48.5 Å². The van der Waals surface area contributed by atoms with E-state index in [1.54, 1.807) is 0 Å². The lowest BCUT2D eigenvalue weighted by molar-refractivity contribution is -0.119. The van der Waals surface area contributed by atoms with Crippen LogP contribution in [0.2, 0.25) is 0 Å². The quantitative estimate of drug-likeness (QED) is 0.589. The number of rotatable bonds is 8. The first-order chi connectivity index (χ1) is 11.5. The second kappa shape index (κ2) is 8.68. The zero-order valence-corrected chi connectivity index (χ0v) is 15.3. The molecule has 0 spiro atoms.